The number of amides is 2. The van der Waals surface area contributed by atoms with Crippen LogP contribution in [0.1, 0.15) is 9.67 Å². The van der Waals surface area contributed by atoms with Crippen molar-refractivity contribution >= 4 is 23.2 Å². The highest BCUT2D eigenvalue weighted by molar-refractivity contribution is 7.12. The molecule has 0 fully saturated rings. The molecule has 0 spiro atoms. The molecule has 0 aliphatic carbocycles. The number of hydrogen-bond donors (Lipinski definition) is 2. The van der Waals surface area contributed by atoms with Crippen molar-refractivity contribution in [1.29, 1.82) is 0 Å². The Morgan fingerprint density at radius 1 is 1.30 bits per heavy atom. The van der Waals surface area contributed by atoms with E-state index in [-0.39, 0.29) is 25.6 Å². The Morgan fingerprint density at radius 2 is 2.05 bits per heavy atom. The Balaban J connectivity index is 2.08. The molecule has 20 heavy (non-hydrogen) atoms. The van der Waals surface area contributed by atoms with Crippen LogP contribution in [0.15, 0.2) is 17.5 Å². The van der Waals surface area contributed by atoms with Crippen LogP contribution >= 0.6 is 11.3 Å². The second-order valence-corrected chi connectivity index (χ2v) is 4.63. The van der Waals surface area contributed by atoms with Gasteiger partial charge in [-0.25, -0.2) is 0 Å². The number of carbonyl (C=O) groups excluding carboxylic acids is 2. The average molecular weight is 310 g/mol. The molecule has 9 heteroatoms. The summed E-state index contributed by atoms with van der Waals surface area (Å²) >= 11 is 1.24. The van der Waals surface area contributed by atoms with Crippen molar-refractivity contribution < 1.29 is 27.5 Å². The summed E-state index contributed by atoms with van der Waals surface area (Å²) in [5.41, 5.74) is 0. The minimum Gasteiger partial charge on any atom is -0.370 e. The summed E-state index contributed by atoms with van der Waals surface area (Å²) in [5.74, 6) is -0.867. The Bertz CT molecular complexity index is 435. The lowest BCUT2D eigenvalue weighted by atomic mass is 10.4. The van der Waals surface area contributed by atoms with E-state index in [2.05, 4.69) is 15.4 Å². The molecule has 2 amide bonds. The van der Waals surface area contributed by atoms with Crippen LogP contribution in [0.25, 0.3) is 0 Å². The number of hydrogen-bond acceptors (Lipinski definition) is 4. The summed E-state index contributed by atoms with van der Waals surface area (Å²) in [6, 6.07) is 3.32. The van der Waals surface area contributed by atoms with Gasteiger partial charge < -0.3 is 15.4 Å². The Hall–Kier alpha value is -1.61. The van der Waals surface area contributed by atoms with E-state index in [4.69, 9.17) is 0 Å². The van der Waals surface area contributed by atoms with Crippen molar-refractivity contribution in [2.75, 3.05) is 26.3 Å². The van der Waals surface area contributed by atoms with Crippen LogP contribution in [0.5, 0.6) is 0 Å². The van der Waals surface area contributed by atoms with Gasteiger partial charge in [0, 0.05) is 6.54 Å². The van der Waals surface area contributed by atoms with Gasteiger partial charge in [0.25, 0.3) is 5.91 Å². The topological polar surface area (TPSA) is 67.4 Å². The Morgan fingerprint density at radius 3 is 2.65 bits per heavy atom. The van der Waals surface area contributed by atoms with E-state index in [1.807, 2.05) is 0 Å². The van der Waals surface area contributed by atoms with Gasteiger partial charge in [0.15, 0.2) is 0 Å². The van der Waals surface area contributed by atoms with Crippen LogP contribution in [0, 0.1) is 0 Å². The molecule has 0 radical (unpaired) electrons. The molecule has 1 rings (SSSR count). The molecule has 2 N–H and O–H groups in total. The number of rotatable bonds is 7. The van der Waals surface area contributed by atoms with E-state index in [1.165, 1.54) is 11.3 Å². The fourth-order valence-electron chi connectivity index (χ4n) is 1.17. The molecule has 112 valence electrons. The lowest BCUT2D eigenvalue weighted by Gasteiger charge is -2.08. The number of halogens is 3. The standard InChI is InChI=1S/C11H13F3N2O3S/c12-11(13,14)7-19-4-3-15-9(17)6-16-10(18)8-2-1-5-20-8/h1-2,5H,3-4,6-7H2,(H,15,17)(H,16,18). The average Bonchev–Trinajstić information content (AvgIpc) is 2.88. The first kappa shape index (κ1) is 16.4. The molecule has 0 aliphatic rings. The first-order chi connectivity index (χ1) is 9.38. The summed E-state index contributed by atoms with van der Waals surface area (Å²) < 4.78 is 39.5. The molecule has 1 heterocycles. The maximum Gasteiger partial charge on any atom is 0.411 e. The second-order valence-electron chi connectivity index (χ2n) is 3.68. The van der Waals surface area contributed by atoms with E-state index in [0.717, 1.165) is 0 Å². The van der Waals surface area contributed by atoms with Gasteiger partial charge in [-0.15, -0.1) is 11.3 Å². The largest absolute Gasteiger partial charge is 0.411 e. The third-order valence-corrected chi connectivity index (χ3v) is 2.86. The van der Waals surface area contributed by atoms with Crippen LogP contribution in [0.3, 0.4) is 0 Å². The van der Waals surface area contributed by atoms with Gasteiger partial charge in [-0.3, -0.25) is 9.59 Å². The second kappa shape index (κ2) is 7.85. The zero-order valence-electron chi connectivity index (χ0n) is 10.3. The molecule has 0 saturated heterocycles. The highest BCUT2D eigenvalue weighted by Crippen LogP contribution is 2.13. The lowest BCUT2D eigenvalue weighted by Crippen LogP contribution is -2.38. The van der Waals surface area contributed by atoms with Crippen LogP contribution in [-0.4, -0.2) is 44.3 Å². The van der Waals surface area contributed by atoms with Gasteiger partial charge in [0.05, 0.1) is 18.0 Å². The number of alkyl halides is 3. The molecular formula is C11H13F3N2O3S. The third kappa shape index (κ3) is 7.10. The molecule has 0 saturated carbocycles. The SMILES string of the molecule is O=C(CNC(=O)c1cccs1)NCCOCC(F)(F)F. The highest BCUT2D eigenvalue weighted by atomic mass is 32.1. The first-order valence-electron chi connectivity index (χ1n) is 5.61. The first-order valence-corrected chi connectivity index (χ1v) is 6.49. The zero-order valence-corrected chi connectivity index (χ0v) is 11.1. The van der Waals surface area contributed by atoms with Crippen LogP contribution in [0.4, 0.5) is 13.2 Å². The van der Waals surface area contributed by atoms with Crippen molar-refractivity contribution in [2.24, 2.45) is 0 Å². The number of carbonyl (C=O) groups is 2. The van der Waals surface area contributed by atoms with Crippen LogP contribution in [-0.2, 0) is 9.53 Å². The van der Waals surface area contributed by atoms with E-state index in [0.29, 0.717) is 4.88 Å². The normalized spacial score (nSPS) is 11.2. The van der Waals surface area contributed by atoms with E-state index in [1.54, 1.807) is 17.5 Å². The number of thiophene rings is 1. The van der Waals surface area contributed by atoms with E-state index < -0.39 is 18.7 Å². The molecule has 0 unspecified atom stereocenters. The monoisotopic (exact) mass is 310 g/mol. The summed E-state index contributed by atoms with van der Waals surface area (Å²) in [7, 11) is 0. The molecule has 1 aromatic heterocycles. The predicted molar refractivity (Wildman–Crippen MR) is 66.5 cm³/mol. The number of nitrogens with one attached hydrogen (secondary N) is 2. The van der Waals surface area contributed by atoms with Gasteiger partial charge >= 0.3 is 6.18 Å². The Labute approximate surface area is 117 Å². The summed E-state index contributed by atoms with van der Waals surface area (Å²) in [6.45, 7) is -1.89. The zero-order chi connectivity index (χ0) is 15.0. The summed E-state index contributed by atoms with van der Waals surface area (Å²) in [5, 5.41) is 6.44. The highest BCUT2D eigenvalue weighted by Gasteiger charge is 2.27. The van der Waals surface area contributed by atoms with Crippen molar-refractivity contribution in [3.8, 4) is 0 Å². The Kier molecular flexibility index (Phi) is 6.46. The van der Waals surface area contributed by atoms with E-state index in [9.17, 15) is 22.8 Å². The fourth-order valence-corrected chi connectivity index (χ4v) is 1.81. The smallest absolute Gasteiger partial charge is 0.370 e. The molecule has 0 aliphatic heterocycles. The maximum absolute atomic E-state index is 11.7. The number of ether oxygens (including phenoxy) is 1. The minimum atomic E-state index is -4.38. The quantitative estimate of drug-likeness (QED) is 0.743. The molecule has 1 aromatic rings. The molecule has 0 bridgehead atoms. The minimum absolute atomic E-state index is 0.0518. The third-order valence-electron chi connectivity index (χ3n) is 1.99. The van der Waals surface area contributed by atoms with Gasteiger partial charge in [-0.1, -0.05) is 6.07 Å². The van der Waals surface area contributed by atoms with Gasteiger partial charge in [0.2, 0.25) is 5.91 Å². The van der Waals surface area contributed by atoms with Crippen molar-refractivity contribution in [3.05, 3.63) is 22.4 Å². The molecule has 5 nitrogen and oxygen atoms in total. The van der Waals surface area contributed by atoms with Crippen molar-refractivity contribution in [3.63, 3.8) is 0 Å². The molecule has 0 atom stereocenters. The summed E-state index contributed by atoms with van der Waals surface area (Å²) in [6.07, 6.45) is -4.38. The van der Waals surface area contributed by atoms with Gasteiger partial charge in [-0.2, -0.15) is 13.2 Å². The molecular weight excluding hydrogens is 297 g/mol. The van der Waals surface area contributed by atoms with Crippen LogP contribution < -0.4 is 10.6 Å². The van der Waals surface area contributed by atoms with E-state index >= 15 is 0 Å². The fraction of sp³-hybridized carbons (Fsp3) is 0.455. The van der Waals surface area contributed by atoms with Gasteiger partial charge in [-0.05, 0) is 11.4 Å². The summed E-state index contributed by atoms with van der Waals surface area (Å²) in [4.78, 5) is 23.2. The maximum atomic E-state index is 11.7. The van der Waals surface area contributed by atoms with Crippen LogP contribution in [0.2, 0.25) is 0 Å². The lowest BCUT2D eigenvalue weighted by molar-refractivity contribution is -0.173. The predicted octanol–water partition coefficient (Wildman–Crippen LogP) is 1.17. The van der Waals surface area contributed by atoms with Crippen molar-refractivity contribution in [1.82, 2.24) is 10.6 Å². The van der Waals surface area contributed by atoms with Gasteiger partial charge in [0.1, 0.15) is 6.61 Å². The molecule has 0 aromatic carbocycles. The van der Waals surface area contributed by atoms with Crippen molar-refractivity contribution in [2.45, 2.75) is 6.18 Å².